The Morgan fingerprint density at radius 3 is 2.53 bits per heavy atom. The van der Waals surface area contributed by atoms with Crippen LogP contribution in [-0.2, 0) is 19.0 Å². The largest absolute Gasteiger partial charge is 0.433 e. The predicted octanol–water partition coefficient (Wildman–Crippen LogP) is -2.12. The highest BCUT2D eigenvalue weighted by Crippen LogP contribution is 2.23. The second kappa shape index (κ2) is 6.94. The Labute approximate surface area is 109 Å². The molecule has 8 nitrogen and oxygen atoms in total. The molecule has 0 bridgehead atoms. The second-order valence-electron chi connectivity index (χ2n) is 4.04. The van der Waals surface area contributed by atoms with E-state index in [-0.39, 0.29) is 0 Å². The average Bonchev–Trinajstić information content (AvgIpc) is 2.39. The summed E-state index contributed by atoms with van der Waals surface area (Å²) < 4.78 is 14.9. The van der Waals surface area contributed by atoms with Gasteiger partial charge in [-0.25, -0.2) is 4.79 Å². The molecule has 2 unspecified atom stereocenters. The number of carbonyl (C=O) groups excluding carboxylic acids is 1. The van der Waals surface area contributed by atoms with E-state index in [9.17, 15) is 20.1 Å². The number of hydrogen-bond donors (Lipinski definition) is 4. The van der Waals surface area contributed by atoms with Crippen LogP contribution in [-0.4, -0.2) is 70.0 Å². The summed E-state index contributed by atoms with van der Waals surface area (Å²) in [5, 5.41) is 37.7. The standard InChI is InChI=1S/C11H18O8/c1-3-7(13)17-5(2)18-11-10(16)9(15)8(14)6(4-12)19-11/h3,5-6,8-12,14-16H,1,4H2,2H3/t5?,6-,8-,9+,10+,11?/m1/s1. The zero-order valence-corrected chi connectivity index (χ0v) is 10.4. The summed E-state index contributed by atoms with van der Waals surface area (Å²) >= 11 is 0. The van der Waals surface area contributed by atoms with Gasteiger partial charge in [-0.05, 0) is 6.92 Å². The highest BCUT2D eigenvalue weighted by atomic mass is 16.8. The lowest BCUT2D eigenvalue weighted by atomic mass is 9.99. The number of carbonyl (C=O) groups is 1. The first-order chi connectivity index (χ1) is 8.90. The molecule has 1 rings (SSSR count). The lowest BCUT2D eigenvalue weighted by Gasteiger charge is -2.40. The van der Waals surface area contributed by atoms with Gasteiger partial charge in [0.1, 0.15) is 24.4 Å². The van der Waals surface area contributed by atoms with E-state index in [1.165, 1.54) is 6.92 Å². The van der Waals surface area contributed by atoms with Gasteiger partial charge in [-0.1, -0.05) is 6.58 Å². The summed E-state index contributed by atoms with van der Waals surface area (Å²) in [6.07, 6.45) is -7.10. The monoisotopic (exact) mass is 278 g/mol. The Balaban J connectivity index is 2.61. The highest BCUT2D eigenvalue weighted by Gasteiger charge is 2.44. The molecule has 1 aliphatic heterocycles. The normalized spacial score (nSPS) is 36.6. The molecule has 8 heteroatoms. The quantitative estimate of drug-likeness (QED) is 0.255. The van der Waals surface area contributed by atoms with Crippen molar-refractivity contribution in [1.82, 2.24) is 0 Å². The van der Waals surface area contributed by atoms with Gasteiger partial charge in [0.25, 0.3) is 0 Å². The van der Waals surface area contributed by atoms with Crippen molar-refractivity contribution >= 4 is 5.97 Å². The van der Waals surface area contributed by atoms with Crippen molar-refractivity contribution in [2.24, 2.45) is 0 Å². The summed E-state index contributed by atoms with van der Waals surface area (Å²) in [5.74, 6) is -0.725. The number of ether oxygens (including phenoxy) is 3. The maximum Gasteiger partial charge on any atom is 0.332 e. The summed E-state index contributed by atoms with van der Waals surface area (Å²) in [4.78, 5) is 10.9. The molecule has 19 heavy (non-hydrogen) atoms. The van der Waals surface area contributed by atoms with E-state index in [2.05, 4.69) is 6.58 Å². The van der Waals surface area contributed by atoms with E-state index in [0.717, 1.165) is 6.08 Å². The van der Waals surface area contributed by atoms with Crippen LogP contribution in [0.5, 0.6) is 0 Å². The molecule has 0 aromatic rings. The fourth-order valence-electron chi connectivity index (χ4n) is 1.61. The van der Waals surface area contributed by atoms with Crippen LogP contribution in [0.3, 0.4) is 0 Å². The van der Waals surface area contributed by atoms with Gasteiger partial charge in [-0.3, -0.25) is 0 Å². The first kappa shape index (κ1) is 16.0. The number of aliphatic hydroxyl groups is 4. The van der Waals surface area contributed by atoms with Crippen molar-refractivity contribution in [2.45, 2.75) is 43.9 Å². The van der Waals surface area contributed by atoms with Gasteiger partial charge >= 0.3 is 5.97 Å². The van der Waals surface area contributed by atoms with Crippen LogP contribution in [0.2, 0.25) is 0 Å². The molecule has 0 aliphatic carbocycles. The highest BCUT2D eigenvalue weighted by molar-refractivity contribution is 5.81. The van der Waals surface area contributed by atoms with Gasteiger partial charge in [-0.15, -0.1) is 0 Å². The Hall–Kier alpha value is -1.03. The maximum absolute atomic E-state index is 10.9. The number of hydrogen-bond acceptors (Lipinski definition) is 8. The zero-order chi connectivity index (χ0) is 14.6. The molecule has 1 fully saturated rings. The van der Waals surface area contributed by atoms with E-state index in [1.54, 1.807) is 0 Å². The minimum Gasteiger partial charge on any atom is -0.433 e. The molecule has 4 N–H and O–H groups in total. The first-order valence-electron chi connectivity index (χ1n) is 5.69. The molecule has 0 aromatic heterocycles. The van der Waals surface area contributed by atoms with Crippen LogP contribution in [0.4, 0.5) is 0 Å². The molecule has 110 valence electrons. The van der Waals surface area contributed by atoms with Gasteiger partial charge in [0.05, 0.1) is 6.61 Å². The molecule has 6 atom stereocenters. The molecule has 0 saturated carbocycles. The first-order valence-corrected chi connectivity index (χ1v) is 5.69. The molecule has 0 spiro atoms. The molecule has 1 aliphatic rings. The molecule has 1 heterocycles. The molecule has 0 radical (unpaired) electrons. The van der Waals surface area contributed by atoms with Crippen molar-refractivity contribution in [3.8, 4) is 0 Å². The van der Waals surface area contributed by atoms with Crippen LogP contribution < -0.4 is 0 Å². The van der Waals surface area contributed by atoms with E-state index in [1.807, 2.05) is 0 Å². The average molecular weight is 278 g/mol. The Bertz CT molecular complexity index is 318. The van der Waals surface area contributed by atoms with Crippen molar-refractivity contribution in [3.63, 3.8) is 0 Å². The Morgan fingerprint density at radius 2 is 2.00 bits per heavy atom. The maximum atomic E-state index is 10.9. The third-order valence-corrected chi connectivity index (χ3v) is 2.62. The Morgan fingerprint density at radius 1 is 1.37 bits per heavy atom. The fourth-order valence-corrected chi connectivity index (χ4v) is 1.61. The third-order valence-electron chi connectivity index (χ3n) is 2.62. The van der Waals surface area contributed by atoms with Crippen molar-refractivity contribution in [1.29, 1.82) is 0 Å². The van der Waals surface area contributed by atoms with Gasteiger partial charge < -0.3 is 34.6 Å². The van der Waals surface area contributed by atoms with Gasteiger partial charge in [0.15, 0.2) is 6.29 Å². The molecule has 1 saturated heterocycles. The van der Waals surface area contributed by atoms with Crippen LogP contribution in [0, 0.1) is 0 Å². The van der Waals surface area contributed by atoms with Gasteiger partial charge in [-0.2, -0.15) is 0 Å². The summed E-state index contributed by atoms with van der Waals surface area (Å²) in [5.41, 5.74) is 0. The molecule has 0 amide bonds. The summed E-state index contributed by atoms with van der Waals surface area (Å²) in [7, 11) is 0. The van der Waals surface area contributed by atoms with Gasteiger partial charge in [0.2, 0.25) is 6.29 Å². The minimum atomic E-state index is -1.54. The summed E-state index contributed by atoms with van der Waals surface area (Å²) in [6.45, 7) is 4.02. The Kier molecular flexibility index (Phi) is 5.85. The molecular weight excluding hydrogens is 260 g/mol. The third kappa shape index (κ3) is 3.96. The number of esters is 1. The smallest absolute Gasteiger partial charge is 0.332 e. The predicted molar refractivity (Wildman–Crippen MR) is 60.6 cm³/mol. The lowest BCUT2D eigenvalue weighted by Crippen LogP contribution is -2.59. The van der Waals surface area contributed by atoms with E-state index in [4.69, 9.17) is 19.3 Å². The molecule has 0 aromatic carbocycles. The summed E-state index contributed by atoms with van der Waals surface area (Å²) in [6, 6.07) is 0. The van der Waals surface area contributed by atoms with Crippen LogP contribution in [0.25, 0.3) is 0 Å². The van der Waals surface area contributed by atoms with E-state index >= 15 is 0 Å². The minimum absolute atomic E-state index is 0.564. The van der Waals surface area contributed by atoms with E-state index in [0.29, 0.717) is 0 Å². The zero-order valence-electron chi connectivity index (χ0n) is 10.4. The van der Waals surface area contributed by atoms with Crippen molar-refractivity contribution < 1.29 is 39.4 Å². The topological polar surface area (TPSA) is 126 Å². The van der Waals surface area contributed by atoms with Crippen LogP contribution in [0.1, 0.15) is 6.92 Å². The lowest BCUT2D eigenvalue weighted by molar-refractivity contribution is -0.329. The van der Waals surface area contributed by atoms with Crippen molar-refractivity contribution in [3.05, 3.63) is 12.7 Å². The van der Waals surface area contributed by atoms with Crippen LogP contribution >= 0.6 is 0 Å². The molecular formula is C11H18O8. The number of rotatable bonds is 5. The SMILES string of the molecule is C=CC(=O)OC(C)OC1O[C@H](CO)[C@@H](O)[C@H](O)[C@@H]1O. The van der Waals surface area contributed by atoms with E-state index < -0.39 is 49.6 Å². The van der Waals surface area contributed by atoms with Crippen LogP contribution in [0.15, 0.2) is 12.7 Å². The number of aliphatic hydroxyl groups excluding tert-OH is 4. The van der Waals surface area contributed by atoms with Gasteiger partial charge in [0, 0.05) is 6.08 Å². The second-order valence-corrected chi connectivity index (χ2v) is 4.04. The van der Waals surface area contributed by atoms with Crippen molar-refractivity contribution in [2.75, 3.05) is 6.61 Å². The fraction of sp³-hybridized carbons (Fsp3) is 0.727.